The molecular weight excluding hydrogens is 434 g/mol. The molecule has 2 rings (SSSR count). The molecule has 0 aromatic carbocycles. The Morgan fingerprint density at radius 1 is 1.06 bits per heavy atom. The van der Waals surface area contributed by atoms with Gasteiger partial charge in [0.1, 0.15) is 5.78 Å². The monoisotopic (exact) mass is 471 g/mol. The summed E-state index contributed by atoms with van der Waals surface area (Å²) in [5.41, 5.74) is -1.92. The third kappa shape index (κ3) is 6.02. The van der Waals surface area contributed by atoms with Crippen LogP contribution in [0.15, 0.2) is 24.3 Å². The van der Waals surface area contributed by atoms with Crippen LogP contribution in [-0.2, 0) is 28.7 Å². The van der Waals surface area contributed by atoms with E-state index in [-0.39, 0.29) is 42.3 Å². The Labute approximate surface area is 202 Å². The van der Waals surface area contributed by atoms with Crippen molar-refractivity contribution >= 4 is 23.5 Å². The Bertz CT molecular complexity index is 854. The zero-order chi connectivity index (χ0) is 25.1. The summed E-state index contributed by atoms with van der Waals surface area (Å²) >= 11 is 0. The second-order valence-corrected chi connectivity index (χ2v) is 9.26. The standard InChI is InChI=1S/C27H37NO6/c1-4-5-6-7-10-13-19-16-23(30)27(18-28,26(32)34-3)21-17-22(29)20(25(19)21)14-11-8-9-12-15-24(31)33-2/h8,10-11,13,19-21,25H,4-7,9,12,14-17H2,1-3H3/b11-8-,13-10+/t19-,20+,21-,25?,27?/m1/s1. The molecule has 2 fully saturated rings. The third-order valence-electron chi connectivity index (χ3n) is 7.25. The van der Waals surface area contributed by atoms with Gasteiger partial charge in [0.25, 0.3) is 0 Å². The van der Waals surface area contributed by atoms with E-state index in [0.29, 0.717) is 25.7 Å². The Hall–Kier alpha value is -2.75. The summed E-state index contributed by atoms with van der Waals surface area (Å²) in [6.45, 7) is 2.14. The van der Waals surface area contributed by atoms with E-state index in [1.807, 2.05) is 24.3 Å². The van der Waals surface area contributed by atoms with Gasteiger partial charge in [-0.05, 0) is 43.9 Å². The molecule has 186 valence electrons. The lowest BCUT2D eigenvalue weighted by atomic mass is 9.57. The lowest BCUT2D eigenvalue weighted by molar-refractivity contribution is -0.162. The van der Waals surface area contributed by atoms with Crippen molar-refractivity contribution in [3.8, 4) is 6.07 Å². The molecule has 7 heteroatoms. The van der Waals surface area contributed by atoms with E-state index >= 15 is 0 Å². The predicted molar refractivity (Wildman–Crippen MR) is 126 cm³/mol. The average molecular weight is 472 g/mol. The van der Waals surface area contributed by atoms with E-state index in [1.54, 1.807) is 0 Å². The number of ether oxygens (including phenoxy) is 2. The highest BCUT2D eigenvalue weighted by atomic mass is 16.5. The smallest absolute Gasteiger partial charge is 0.334 e. The zero-order valence-corrected chi connectivity index (χ0v) is 20.6. The number of Topliss-reactive ketones (excluding diaryl/α,β-unsaturated/α-hetero) is 2. The van der Waals surface area contributed by atoms with Gasteiger partial charge in [0.2, 0.25) is 5.41 Å². The average Bonchev–Trinajstić information content (AvgIpc) is 3.17. The lowest BCUT2D eigenvalue weighted by Gasteiger charge is -2.42. The fraction of sp³-hybridized carbons (Fsp3) is 0.667. The van der Waals surface area contributed by atoms with Crippen molar-refractivity contribution in [2.75, 3.05) is 14.2 Å². The molecule has 0 saturated heterocycles. The maximum atomic E-state index is 13.1. The lowest BCUT2D eigenvalue weighted by Crippen LogP contribution is -2.53. The topological polar surface area (TPSA) is 111 Å². The highest BCUT2D eigenvalue weighted by Crippen LogP contribution is 2.55. The summed E-state index contributed by atoms with van der Waals surface area (Å²) in [6.07, 6.45) is 14.4. The zero-order valence-electron chi connectivity index (χ0n) is 20.6. The van der Waals surface area contributed by atoms with Crippen LogP contribution in [0.3, 0.4) is 0 Å². The van der Waals surface area contributed by atoms with Crippen molar-refractivity contribution in [1.29, 1.82) is 5.26 Å². The van der Waals surface area contributed by atoms with E-state index in [1.165, 1.54) is 14.2 Å². The van der Waals surface area contributed by atoms with Gasteiger partial charge in [-0.25, -0.2) is 4.79 Å². The van der Waals surface area contributed by atoms with E-state index < -0.39 is 23.1 Å². The Morgan fingerprint density at radius 3 is 2.44 bits per heavy atom. The normalized spacial score (nSPS) is 28.8. The largest absolute Gasteiger partial charge is 0.469 e. The molecular formula is C27H37NO6. The van der Waals surface area contributed by atoms with Crippen LogP contribution in [0.5, 0.6) is 0 Å². The number of nitrogens with zero attached hydrogens (tertiary/aromatic N) is 1. The minimum atomic E-state index is -1.92. The number of methoxy groups -OCH3 is 2. The Kier molecular flexibility index (Phi) is 10.7. The molecule has 2 aliphatic rings. The number of esters is 2. The van der Waals surface area contributed by atoms with Gasteiger partial charge in [0, 0.05) is 31.1 Å². The van der Waals surface area contributed by atoms with Gasteiger partial charge in [-0.2, -0.15) is 5.26 Å². The number of nitriles is 1. The van der Waals surface area contributed by atoms with Gasteiger partial charge >= 0.3 is 11.9 Å². The van der Waals surface area contributed by atoms with Gasteiger partial charge in [0.05, 0.1) is 20.3 Å². The summed E-state index contributed by atoms with van der Waals surface area (Å²) in [7, 11) is 2.54. The molecule has 0 amide bonds. The highest BCUT2D eigenvalue weighted by molar-refractivity contribution is 6.09. The first-order chi connectivity index (χ1) is 16.4. The molecule has 0 N–H and O–H groups in total. The minimum Gasteiger partial charge on any atom is -0.469 e. The van der Waals surface area contributed by atoms with E-state index in [2.05, 4.69) is 17.7 Å². The molecule has 2 saturated carbocycles. The molecule has 0 aromatic heterocycles. The number of ketones is 2. The van der Waals surface area contributed by atoms with Crippen molar-refractivity contribution in [2.24, 2.45) is 29.1 Å². The quantitative estimate of drug-likeness (QED) is 0.178. The van der Waals surface area contributed by atoms with Crippen molar-refractivity contribution in [3.63, 3.8) is 0 Å². The number of allylic oxidation sites excluding steroid dienone is 4. The van der Waals surface area contributed by atoms with Crippen molar-refractivity contribution in [1.82, 2.24) is 0 Å². The van der Waals surface area contributed by atoms with E-state index in [0.717, 1.165) is 25.7 Å². The van der Waals surface area contributed by atoms with Crippen LogP contribution < -0.4 is 0 Å². The highest BCUT2D eigenvalue weighted by Gasteiger charge is 2.65. The fourth-order valence-electron chi connectivity index (χ4n) is 5.47. The molecule has 34 heavy (non-hydrogen) atoms. The number of hydrogen-bond acceptors (Lipinski definition) is 7. The van der Waals surface area contributed by atoms with E-state index in [4.69, 9.17) is 4.74 Å². The molecule has 0 heterocycles. The molecule has 0 radical (unpaired) electrons. The van der Waals surface area contributed by atoms with E-state index in [9.17, 15) is 24.4 Å². The first-order valence-corrected chi connectivity index (χ1v) is 12.3. The van der Waals surface area contributed by atoms with Crippen LogP contribution in [0.2, 0.25) is 0 Å². The molecule has 0 bridgehead atoms. The fourth-order valence-corrected chi connectivity index (χ4v) is 5.47. The number of carbonyl (C=O) groups excluding carboxylic acids is 4. The van der Waals surface area contributed by atoms with Crippen LogP contribution in [0, 0.1) is 40.4 Å². The maximum Gasteiger partial charge on any atom is 0.334 e. The van der Waals surface area contributed by atoms with Gasteiger partial charge in [-0.15, -0.1) is 0 Å². The van der Waals surface area contributed by atoms with Crippen LogP contribution in [-0.4, -0.2) is 37.7 Å². The third-order valence-corrected chi connectivity index (χ3v) is 7.25. The molecule has 2 aliphatic carbocycles. The molecule has 0 spiro atoms. The first-order valence-electron chi connectivity index (χ1n) is 12.3. The van der Waals surface area contributed by atoms with Gasteiger partial charge in [-0.1, -0.05) is 44.1 Å². The number of hydrogen-bond donors (Lipinski definition) is 0. The van der Waals surface area contributed by atoms with Gasteiger partial charge < -0.3 is 9.47 Å². The molecule has 7 nitrogen and oxygen atoms in total. The second kappa shape index (κ2) is 13.2. The number of carbonyl (C=O) groups is 4. The maximum absolute atomic E-state index is 13.1. The molecule has 5 atom stereocenters. The second-order valence-electron chi connectivity index (χ2n) is 9.26. The summed E-state index contributed by atoms with van der Waals surface area (Å²) in [4.78, 5) is 50.2. The number of rotatable bonds is 12. The van der Waals surface area contributed by atoms with Crippen LogP contribution >= 0.6 is 0 Å². The number of fused-ring (bicyclic) bond motifs is 1. The van der Waals surface area contributed by atoms with Crippen LogP contribution in [0.25, 0.3) is 0 Å². The van der Waals surface area contributed by atoms with Crippen LogP contribution in [0.1, 0.15) is 71.1 Å². The summed E-state index contributed by atoms with van der Waals surface area (Å²) in [5.74, 6) is -3.07. The van der Waals surface area contributed by atoms with Crippen molar-refractivity contribution in [3.05, 3.63) is 24.3 Å². The van der Waals surface area contributed by atoms with Crippen molar-refractivity contribution < 1.29 is 28.7 Å². The summed E-state index contributed by atoms with van der Waals surface area (Å²) in [6, 6.07) is 1.97. The molecule has 0 aromatic rings. The minimum absolute atomic E-state index is 0.0168. The summed E-state index contributed by atoms with van der Waals surface area (Å²) in [5, 5.41) is 9.98. The van der Waals surface area contributed by atoms with Gasteiger partial charge in [-0.3, -0.25) is 14.4 Å². The van der Waals surface area contributed by atoms with Crippen molar-refractivity contribution in [2.45, 2.75) is 71.1 Å². The predicted octanol–water partition coefficient (Wildman–Crippen LogP) is 4.51. The van der Waals surface area contributed by atoms with Crippen LogP contribution in [0.4, 0.5) is 0 Å². The number of unbranched alkanes of at least 4 members (excludes halogenated alkanes) is 4. The first kappa shape index (κ1) is 27.5. The van der Waals surface area contributed by atoms with Gasteiger partial charge in [0.15, 0.2) is 5.78 Å². The Morgan fingerprint density at radius 2 is 1.79 bits per heavy atom. The SMILES string of the molecule is CCCCC/C=C/[C@@H]1CC(=O)C(C#N)(C(=O)OC)[C@@H]2CC(=O)[C@H](C/C=C\CCCC(=O)OC)C12. The summed E-state index contributed by atoms with van der Waals surface area (Å²) < 4.78 is 9.52. The molecule has 2 unspecified atom stereocenters. The molecule has 0 aliphatic heterocycles. The Balaban J connectivity index is 2.24.